The maximum atomic E-state index is 11.8. The Bertz CT molecular complexity index is 901. The monoisotopic (exact) mass is 374 g/mol. The molecule has 0 saturated heterocycles. The van der Waals surface area contributed by atoms with Gasteiger partial charge in [-0.2, -0.15) is 5.10 Å². The topological polar surface area (TPSA) is 59.0 Å². The van der Waals surface area contributed by atoms with Crippen LogP contribution in [0.4, 0.5) is 0 Å². The molecule has 144 valence electrons. The van der Waals surface area contributed by atoms with Gasteiger partial charge in [-0.1, -0.05) is 48.5 Å². The van der Waals surface area contributed by atoms with Gasteiger partial charge in [-0.25, -0.2) is 4.68 Å². The molecule has 3 aromatic rings. The molecule has 1 aliphatic rings. The Morgan fingerprint density at radius 3 is 2.46 bits per heavy atom. The van der Waals surface area contributed by atoms with Crippen molar-refractivity contribution in [1.82, 2.24) is 20.4 Å². The van der Waals surface area contributed by atoms with E-state index >= 15 is 0 Å². The lowest BCUT2D eigenvalue weighted by molar-refractivity contribution is -0.121. The highest BCUT2D eigenvalue weighted by Crippen LogP contribution is 2.23. The van der Waals surface area contributed by atoms with Crippen LogP contribution in [0.2, 0.25) is 0 Å². The predicted octanol–water partition coefficient (Wildman–Crippen LogP) is 3.69. The molecule has 2 N–H and O–H groups in total. The van der Waals surface area contributed by atoms with Crippen molar-refractivity contribution in [1.29, 1.82) is 0 Å². The summed E-state index contributed by atoms with van der Waals surface area (Å²) < 4.78 is 1.93. The van der Waals surface area contributed by atoms with Gasteiger partial charge >= 0.3 is 0 Å². The first-order valence-corrected chi connectivity index (χ1v) is 9.99. The summed E-state index contributed by atoms with van der Waals surface area (Å²) in [5, 5.41) is 11.3. The molecule has 0 spiro atoms. The fraction of sp³-hybridized carbons (Fsp3) is 0.304. The number of hydrogen-bond acceptors (Lipinski definition) is 3. The Kier molecular flexibility index (Phi) is 5.83. The number of nitrogens with zero attached hydrogens (tertiary/aromatic N) is 2. The second kappa shape index (κ2) is 8.85. The SMILES string of the molecule is O=C(CCCNCc1cn(-c2ccccc2)nc1-c1ccccc1)NC1CC1. The van der Waals surface area contributed by atoms with E-state index in [1.54, 1.807) is 0 Å². The molecule has 1 fully saturated rings. The van der Waals surface area contributed by atoms with Crippen molar-refractivity contribution in [2.75, 3.05) is 6.54 Å². The van der Waals surface area contributed by atoms with Gasteiger partial charge in [-0.05, 0) is 37.9 Å². The smallest absolute Gasteiger partial charge is 0.220 e. The molecule has 5 heteroatoms. The van der Waals surface area contributed by atoms with Crippen LogP contribution in [-0.2, 0) is 11.3 Å². The van der Waals surface area contributed by atoms with Gasteiger partial charge in [0, 0.05) is 36.3 Å². The molecule has 0 unspecified atom stereocenters. The summed E-state index contributed by atoms with van der Waals surface area (Å²) >= 11 is 0. The van der Waals surface area contributed by atoms with E-state index in [1.165, 1.54) is 0 Å². The van der Waals surface area contributed by atoms with Gasteiger partial charge in [-0.15, -0.1) is 0 Å². The van der Waals surface area contributed by atoms with Crippen molar-refractivity contribution in [3.8, 4) is 16.9 Å². The van der Waals surface area contributed by atoms with E-state index in [0.717, 1.165) is 54.9 Å². The normalized spacial score (nSPS) is 13.4. The highest BCUT2D eigenvalue weighted by molar-refractivity contribution is 5.76. The van der Waals surface area contributed by atoms with E-state index in [9.17, 15) is 4.79 Å². The van der Waals surface area contributed by atoms with Crippen LogP contribution in [0.3, 0.4) is 0 Å². The number of para-hydroxylation sites is 1. The van der Waals surface area contributed by atoms with Gasteiger partial charge in [0.2, 0.25) is 5.91 Å². The molecule has 28 heavy (non-hydrogen) atoms. The minimum atomic E-state index is 0.172. The van der Waals surface area contributed by atoms with Crippen molar-refractivity contribution >= 4 is 5.91 Å². The number of aromatic nitrogens is 2. The quantitative estimate of drug-likeness (QED) is 0.562. The maximum Gasteiger partial charge on any atom is 0.220 e. The van der Waals surface area contributed by atoms with Crippen molar-refractivity contribution in [2.24, 2.45) is 0 Å². The minimum Gasteiger partial charge on any atom is -0.353 e. The number of hydrogen-bond donors (Lipinski definition) is 2. The van der Waals surface area contributed by atoms with Gasteiger partial charge in [0.15, 0.2) is 0 Å². The number of amides is 1. The number of carbonyl (C=O) groups is 1. The first-order chi connectivity index (χ1) is 13.8. The van der Waals surface area contributed by atoms with Gasteiger partial charge in [0.05, 0.1) is 11.4 Å². The zero-order valence-corrected chi connectivity index (χ0v) is 16.0. The van der Waals surface area contributed by atoms with E-state index in [-0.39, 0.29) is 5.91 Å². The van der Waals surface area contributed by atoms with Gasteiger partial charge in [0.1, 0.15) is 0 Å². The zero-order chi connectivity index (χ0) is 19.2. The maximum absolute atomic E-state index is 11.8. The van der Waals surface area contributed by atoms with Crippen LogP contribution in [-0.4, -0.2) is 28.3 Å². The highest BCUT2D eigenvalue weighted by atomic mass is 16.1. The predicted molar refractivity (Wildman–Crippen MR) is 111 cm³/mol. The Morgan fingerprint density at radius 1 is 1.04 bits per heavy atom. The minimum absolute atomic E-state index is 0.172. The lowest BCUT2D eigenvalue weighted by atomic mass is 10.1. The fourth-order valence-electron chi connectivity index (χ4n) is 3.22. The standard InChI is InChI=1S/C23H26N4O/c28-22(25-20-13-14-20)12-7-15-24-16-19-17-27(21-10-5-2-6-11-21)26-23(19)18-8-3-1-4-9-18/h1-6,8-11,17,20,24H,7,12-16H2,(H,25,28). The number of rotatable bonds is 9. The van der Waals surface area contributed by atoms with Gasteiger partial charge < -0.3 is 10.6 Å². The van der Waals surface area contributed by atoms with E-state index < -0.39 is 0 Å². The average Bonchev–Trinajstić information content (AvgIpc) is 3.44. The zero-order valence-electron chi connectivity index (χ0n) is 16.0. The summed E-state index contributed by atoms with van der Waals surface area (Å²) in [6.45, 7) is 1.53. The third-order valence-corrected chi connectivity index (χ3v) is 4.87. The van der Waals surface area contributed by atoms with E-state index in [0.29, 0.717) is 12.5 Å². The molecule has 0 atom stereocenters. The molecule has 0 aliphatic heterocycles. The molecule has 0 bridgehead atoms. The molecule has 1 saturated carbocycles. The lowest BCUT2D eigenvalue weighted by Gasteiger charge is -2.06. The molecule has 1 heterocycles. The molecular weight excluding hydrogens is 348 g/mol. The van der Waals surface area contributed by atoms with Crippen molar-refractivity contribution in [3.63, 3.8) is 0 Å². The van der Waals surface area contributed by atoms with Gasteiger partial charge in [0.25, 0.3) is 0 Å². The van der Waals surface area contributed by atoms with E-state index in [4.69, 9.17) is 5.10 Å². The van der Waals surface area contributed by atoms with Crippen LogP contribution in [0.25, 0.3) is 16.9 Å². The Labute approximate surface area is 165 Å². The Hall–Kier alpha value is -2.92. The largest absolute Gasteiger partial charge is 0.353 e. The molecule has 5 nitrogen and oxygen atoms in total. The summed E-state index contributed by atoms with van der Waals surface area (Å²) in [7, 11) is 0. The number of nitrogens with one attached hydrogen (secondary N) is 2. The molecule has 1 aromatic heterocycles. The van der Waals surface area contributed by atoms with Crippen LogP contribution in [0.15, 0.2) is 66.9 Å². The second-order valence-corrected chi connectivity index (χ2v) is 7.27. The fourth-order valence-corrected chi connectivity index (χ4v) is 3.22. The molecule has 1 amide bonds. The number of benzene rings is 2. The number of carbonyl (C=O) groups excluding carboxylic acids is 1. The molecular formula is C23H26N4O. The lowest BCUT2D eigenvalue weighted by Crippen LogP contribution is -2.26. The summed E-state index contributed by atoms with van der Waals surface area (Å²) in [6.07, 6.45) is 5.78. The molecule has 1 aliphatic carbocycles. The summed E-state index contributed by atoms with van der Waals surface area (Å²) in [4.78, 5) is 11.8. The van der Waals surface area contributed by atoms with Crippen LogP contribution >= 0.6 is 0 Å². The van der Waals surface area contributed by atoms with E-state index in [1.807, 2.05) is 41.1 Å². The van der Waals surface area contributed by atoms with Crippen LogP contribution in [0.1, 0.15) is 31.2 Å². The van der Waals surface area contributed by atoms with Crippen molar-refractivity contribution in [2.45, 2.75) is 38.3 Å². The van der Waals surface area contributed by atoms with Crippen molar-refractivity contribution in [3.05, 3.63) is 72.4 Å². The van der Waals surface area contributed by atoms with Crippen molar-refractivity contribution < 1.29 is 4.79 Å². The first-order valence-electron chi connectivity index (χ1n) is 9.99. The summed E-state index contributed by atoms with van der Waals surface area (Å²) in [5.41, 5.74) is 4.29. The van der Waals surface area contributed by atoms with Crippen LogP contribution in [0.5, 0.6) is 0 Å². The van der Waals surface area contributed by atoms with E-state index in [2.05, 4.69) is 41.1 Å². The van der Waals surface area contributed by atoms with Gasteiger partial charge in [-0.3, -0.25) is 4.79 Å². The summed E-state index contributed by atoms with van der Waals surface area (Å²) in [5.74, 6) is 0.172. The molecule has 2 aromatic carbocycles. The average molecular weight is 374 g/mol. The van der Waals surface area contributed by atoms with Crippen LogP contribution < -0.4 is 10.6 Å². The Balaban J connectivity index is 1.40. The molecule has 0 radical (unpaired) electrons. The third-order valence-electron chi connectivity index (χ3n) is 4.87. The Morgan fingerprint density at radius 2 is 1.75 bits per heavy atom. The first kappa shape index (κ1) is 18.4. The third kappa shape index (κ3) is 4.87. The highest BCUT2D eigenvalue weighted by Gasteiger charge is 2.22. The second-order valence-electron chi connectivity index (χ2n) is 7.27. The summed E-state index contributed by atoms with van der Waals surface area (Å²) in [6, 6.07) is 20.8. The molecule has 4 rings (SSSR count). The van der Waals surface area contributed by atoms with Crippen LogP contribution in [0, 0.1) is 0 Å².